The van der Waals surface area contributed by atoms with Crippen molar-refractivity contribution in [2.75, 3.05) is 7.11 Å². The summed E-state index contributed by atoms with van der Waals surface area (Å²) in [6.07, 6.45) is 2.73. The van der Waals surface area contributed by atoms with Crippen molar-refractivity contribution in [2.24, 2.45) is 5.92 Å². The molecule has 2 heteroatoms. The summed E-state index contributed by atoms with van der Waals surface area (Å²) < 4.78 is 5.30. The summed E-state index contributed by atoms with van der Waals surface area (Å²) in [5, 5.41) is 0. The van der Waals surface area contributed by atoms with Gasteiger partial charge in [0.2, 0.25) is 0 Å². The lowest BCUT2D eigenvalue weighted by Gasteiger charge is -2.10. The number of aryl methyl sites for hydroxylation is 1. The van der Waals surface area contributed by atoms with Crippen LogP contribution in [0.3, 0.4) is 0 Å². The van der Waals surface area contributed by atoms with Crippen molar-refractivity contribution in [3.63, 3.8) is 0 Å². The average Bonchev–Trinajstić information content (AvgIpc) is 2.28. The largest absolute Gasteiger partial charge is 0.496 e. The van der Waals surface area contributed by atoms with Gasteiger partial charge < -0.3 is 9.53 Å². The Morgan fingerprint density at radius 2 is 2.20 bits per heavy atom. The maximum Gasteiger partial charge on any atom is 0.123 e. The van der Waals surface area contributed by atoms with Gasteiger partial charge in [-0.25, -0.2) is 0 Å². The molecule has 0 saturated heterocycles. The molecule has 0 aliphatic heterocycles. The standard InChI is InChI=1S/C13H18O2/c1-4-12-6-5-11(7-10(2)9-14)8-13(12)15-3/h5-6,8-10H,4,7H2,1-3H3. The zero-order chi connectivity index (χ0) is 11.3. The predicted octanol–water partition coefficient (Wildman–Crippen LogP) is 2.64. The van der Waals surface area contributed by atoms with E-state index in [-0.39, 0.29) is 5.92 Å². The molecule has 0 aliphatic rings. The normalized spacial score (nSPS) is 12.2. The second kappa shape index (κ2) is 5.54. The van der Waals surface area contributed by atoms with Crippen LogP contribution < -0.4 is 4.74 Å². The summed E-state index contributed by atoms with van der Waals surface area (Å²) in [5.74, 6) is 0.996. The lowest BCUT2D eigenvalue weighted by molar-refractivity contribution is -0.110. The number of carbonyl (C=O) groups excluding carboxylic acids is 1. The minimum atomic E-state index is 0.0715. The number of benzene rings is 1. The van der Waals surface area contributed by atoms with Gasteiger partial charge >= 0.3 is 0 Å². The van der Waals surface area contributed by atoms with Crippen LogP contribution in [0.25, 0.3) is 0 Å². The van der Waals surface area contributed by atoms with E-state index in [9.17, 15) is 4.79 Å². The topological polar surface area (TPSA) is 26.3 Å². The highest BCUT2D eigenvalue weighted by Crippen LogP contribution is 2.21. The molecule has 1 atom stereocenters. The fourth-order valence-corrected chi connectivity index (χ4v) is 1.63. The molecule has 0 amide bonds. The molecule has 2 nitrogen and oxygen atoms in total. The average molecular weight is 206 g/mol. The third-order valence-corrected chi connectivity index (χ3v) is 2.52. The Bertz CT molecular complexity index is 331. The molecule has 0 bridgehead atoms. The lowest BCUT2D eigenvalue weighted by Crippen LogP contribution is -2.01. The highest BCUT2D eigenvalue weighted by atomic mass is 16.5. The highest BCUT2D eigenvalue weighted by molar-refractivity contribution is 5.54. The van der Waals surface area contributed by atoms with Crippen LogP contribution in [0.15, 0.2) is 18.2 Å². The van der Waals surface area contributed by atoms with Crippen LogP contribution in [0.2, 0.25) is 0 Å². The minimum Gasteiger partial charge on any atom is -0.496 e. The molecule has 0 N–H and O–H groups in total. The SMILES string of the molecule is CCc1ccc(CC(C)C=O)cc1OC. The summed E-state index contributed by atoms with van der Waals surface area (Å²) in [6.45, 7) is 4.03. The Balaban J connectivity index is 2.87. The van der Waals surface area contributed by atoms with Gasteiger partial charge in [-0.05, 0) is 30.0 Å². The Morgan fingerprint density at radius 1 is 1.47 bits per heavy atom. The molecule has 0 spiro atoms. The molecule has 1 aromatic rings. The Labute approximate surface area is 91.3 Å². The van der Waals surface area contributed by atoms with Crippen LogP contribution in [-0.4, -0.2) is 13.4 Å². The number of rotatable bonds is 5. The van der Waals surface area contributed by atoms with Crippen molar-refractivity contribution in [1.29, 1.82) is 0 Å². The summed E-state index contributed by atoms with van der Waals surface area (Å²) in [7, 11) is 1.68. The van der Waals surface area contributed by atoms with Crippen molar-refractivity contribution < 1.29 is 9.53 Å². The van der Waals surface area contributed by atoms with E-state index in [1.54, 1.807) is 7.11 Å². The molecule has 1 aromatic carbocycles. The summed E-state index contributed by atoms with van der Waals surface area (Å²) in [6, 6.07) is 6.17. The quantitative estimate of drug-likeness (QED) is 0.692. The van der Waals surface area contributed by atoms with E-state index >= 15 is 0 Å². The monoisotopic (exact) mass is 206 g/mol. The molecule has 0 radical (unpaired) electrons. The van der Waals surface area contributed by atoms with Gasteiger partial charge in [-0.15, -0.1) is 0 Å². The molecule has 0 aromatic heterocycles. The van der Waals surface area contributed by atoms with Crippen molar-refractivity contribution >= 4 is 6.29 Å². The van der Waals surface area contributed by atoms with Crippen LogP contribution in [0.5, 0.6) is 5.75 Å². The van der Waals surface area contributed by atoms with Crippen molar-refractivity contribution in [3.05, 3.63) is 29.3 Å². The highest BCUT2D eigenvalue weighted by Gasteiger charge is 2.05. The van der Waals surface area contributed by atoms with Crippen LogP contribution in [0.1, 0.15) is 25.0 Å². The van der Waals surface area contributed by atoms with E-state index in [1.807, 2.05) is 13.0 Å². The van der Waals surface area contributed by atoms with Crippen LogP contribution >= 0.6 is 0 Å². The Morgan fingerprint density at radius 3 is 2.73 bits per heavy atom. The van der Waals surface area contributed by atoms with Gasteiger partial charge in [0.05, 0.1) is 7.11 Å². The second-order valence-electron chi connectivity index (χ2n) is 3.82. The van der Waals surface area contributed by atoms with Gasteiger partial charge in [0, 0.05) is 5.92 Å². The molecular formula is C13H18O2. The van der Waals surface area contributed by atoms with E-state index in [4.69, 9.17) is 4.74 Å². The third-order valence-electron chi connectivity index (χ3n) is 2.52. The van der Waals surface area contributed by atoms with Crippen LogP contribution in [0, 0.1) is 5.92 Å². The van der Waals surface area contributed by atoms with Crippen LogP contribution in [-0.2, 0) is 17.6 Å². The van der Waals surface area contributed by atoms with E-state index in [2.05, 4.69) is 19.1 Å². The Kier molecular flexibility index (Phi) is 4.35. The fraction of sp³-hybridized carbons (Fsp3) is 0.462. The molecule has 1 rings (SSSR count). The molecule has 0 fully saturated rings. The molecule has 0 heterocycles. The predicted molar refractivity (Wildman–Crippen MR) is 61.3 cm³/mol. The fourth-order valence-electron chi connectivity index (χ4n) is 1.63. The first-order valence-corrected chi connectivity index (χ1v) is 5.32. The van der Waals surface area contributed by atoms with Gasteiger partial charge in [0.15, 0.2) is 0 Å². The summed E-state index contributed by atoms with van der Waals surface area (Å²) >= 11 is 0. The number of hydrogen-bond acceptors (Lipinski definition) is 2. The van der Waals surface area contributed by atoms with E-state index < -0.39 is 0 Å². The molecule has 15 heavy (non-hydrogen) atoms. The minimum absolute atomic E-state index is 0.0715. The molecule has 0 saturated carbocycles. The van der Waals surface area contributed by atoms with Gasteiger partial charge in [-0.2, -0.15) is 0 Å². The molecular weight excluding hydrogens is 188 g/mol. The van der Waals surface area contributed by atoms with E-state index in [0.717, 1.165) is 30.4 Å². The first kappa shape index (κ1) is 11.8. The summed E-state index contributed by atoms with van der Waals surface area (Å²) in [5.41, 5.74) is 2.36. The van der Waals surface area contributed by atoms with Gasteiger partial charge in [0.25, 0.3) is 0 Å². The second-order valence-corrected chi connectivity index (χ2v) is 3.82. The lowest BCUT2D eigenvalue weighted by atomic mass is 10.00. The first-order chi connectivity index (χ1) is 7.21. The third kappa shape index (κ3) is 3.08. The van der Waals surface area contributed by atoms with Crippen molar-refractivity contribution in [1.82, 2.24) is 0 Å². The summed E-state index contributed by atoms with van der Waals surface area (Å²) in [4.78, 5) is 10.6. The molecule has 1 unspecified atom stereocenters. The maximum atomic E-state index is 10.6. The Hall–Kier alpha value is -1.31. The smallest absolute Gasteiger partial charge is 0.123 e. The van der Waals surface area contributed by atoms with Crippen molar-refractivity contribution in [2.45, 2.75) is 26.7 Å². The van der Waals surface area contributed by atoms with Gasteiger partial charge in [-0.1, -0.05) is 26.0 Å². The maximum absolute atomic E-state index is 10.6. The van der Waals surface area contributed by atoms with Crippen LogP contribution in [0.4, 0.5) is 0 Å². The van der Waals surface area contributed by atoms with E-state index in [0.29, 0.717) is 0 Å². The number of aldehydes is 1. The zero-order valence-corrected chi connectivity index (χ0v) is 9.62. The van der Waals surface area contributed by atoms with Gasteiger partial charge in [-0.3, -0.25) is 0 Å². The zero-order valence-electron chi connectivity index (χ0n) is 9.62. The number of carbonyl (C=O) groups is 1. The number of hydrogen-bond donors (Lipinski definition) is 0. The number of methoxy groups -OCH3 is 1. The first-order valence-electron chi connectivity index (χ1n) is 5.32. The van der Waals surface area contributed by atoms with Crippen molar-refractivity contribution in [3.8, 4) is 5.75 Å². The molecule has 82 valence electrons. The number of ether oxygens (including phenoxy) is 1. The van der Waals surface area contributed by atoms with Gasteiger partial charge in [0.1, 0.15) is 12.0 Å². The van der Waals surface area contributed by atoms with E-state index in [1.165, 1.54) is 5.56 Å². The molecule has 0 aliphatic carbocycles.